The fourth-order valence-electron chi connectivity index (χ4n) is 2.40. The fourth-order valence-corrected chi connectivity index (χ4v) is 2.40. The highest BCUT2D eigenvalue weighted by atomic mass is 16.1. The Balaban J connectivity index is 2.30. The normalized spacial score (nSPS) is 10.7. The third-order valence-corrected chi connectivity index (χ3v) is 3.58. The Morgan fingerprint density at radius 1 is 1.19 bits per heavy atom. The van der Waals surface area contributed by atoms with Crippen molar-refractivity contribution in [3.63, 3.8) is 0 Å². The van der Waals surface area contributed by atoms with Crippen molar-refractivity contribution in [3.8, 4) is 17.2 Å². The monoisotopic (exact) mass is 280 g/mol. The van der Waals surface area contributed by atoms with Crippen molar-refractivity contribution < 1.29 is 0 Å². The number of hydrogen-bond donors (Lipinski definition) is 2. The zero-order valence-corrected chi connectivity index (χ0v) is 11.5. The van der Waals surface area contributed by atoms with Crippen molar-refractivity contribution in [1.29, 1.82) is 5.26 Å². The maximum Gasteiger partial charge on any atom is 0.326 e. The van der Waals surface area contributed by atoms with Crippen LogP contribution in [0.3, 0.4) is 0 Å². The van der Waals surface area contributed by atoms with E-state index in [4.69, 9.17) is 5.26 Å². The van der Waals surface area contributed by atoms with Gasteiger partial charge < -0.3 is 9.97 Å². The average Bonchev–Trinajstić information content (AvgIpc) is 2.74. The first-order valence-corrected chi connectivity index (χ1v) is 6.34. The van der Waals surface area contributed by atoms with Crippen molar-refractivity contribution in [2.24, 2.45) is 7.05 Å². The lowest BCUT2D eigenvalue weighted by Gasteiger charge is -2.07. The van der Waals surface area contributed by atoms with E-state index in [-0.39, 0.29) is 11.3 Å². The summed E-state index contributed by atoms with van der Waals surface area (Å²) in [6, 6.07) is 8.96. The van der Waals surface area contributed by atoms with Crippen LogP contribution in [-0.2, 0) is 7.05 Å². The van der Waals surface area contributed by atoms with Gasteiger partial charge in [0.2, 0.25) is 0 Å². The van der Waals surface area contributed by atoms with Gasteiger partial charge in [0.15, 0.2) is 0 Å². The number of benzene rings is 1. The van der Waals surface area contributed by atoms with Crippen LogP contribution < -0.4 is 11.2 Å². The maximum atomic E-state index is 11.6. The Labute approximate surface area is 119 Å². The molecule has 0 aliphatic rings. The summed E-state index contributed by atoms with van der Waals surface area (Å²) in [4.78, 5) is 28.6. The zero-order chi connectivity index (χ0) is 15.1. The summed E-state index contributed by atoms with van der Waals surface area (Å²) in [5, 5.41) is 8.98. The summed E-state index contributed by atoms with van der Waals surface area (Å²) >= 11 is 0. The highest BCUT2D eigenvalue weighted by Gasteiger charge is 2.10. The summed E-state index contributed by atoms with van der Waals surface area (Å²) in [5.74, 6) is 0. The lowest BCUT2D eigenvalue weighted by molar-refractivity contribution is 0.892. The molecule has 2 N–H and O–H groups in total. The number of aryl methyl sites for hydroxylation is 2. The van der Waals surface area contributed by atoms with Gasteiger partial charge in [0, 0.05) is 18.3 Å². The highest BCUT2D eigenvalue weighted by molar-refractivity contribution is 5.82. The Hall–Kier alpha value is -3.07. The van der Waals surface area contributed by atoms with Crippen LogP contribution in [0.1, 0.15) is 11.3 Å². The van der Waals surface area contributed by atoms with E-state index in [9.17, 15) is 9.59 Å². The van der Waals surface area contributed by atoms with Crippen molar-refractivity contribution in [1.82, 2.24) is 14.5 Å². The molecule has 6 heteroatoms. The quantitative estimate of drug-likeness (QED) is 0.705. The van der Waals surface area contributed by atoms with Crippen LogP contribution in [0.2, 0.25) is 0 Å². The number of aromatic nitrogens is 3. The average molecular weight is 280 g/mol. The number of nitriles is 1. The SMILES string of the molecule is Cc1[nH]c(=O)c(C#N)cc1-c1ccc2[nH]c(=O)n(C)c2c1. The second-order valence-electron chi connectivity index (χ2n) is 4.88. The third-order valence-electron chi connectivity index (χ3n) is 3.58. The molecule has 3 aromatic rings. The van der Waals surface area contributed by atoms with E-state index in [0.29, 0.717) is 5.69 Å². The van der Waals surface area contributed by atoms with Gasteiger partial charge in [-0.05, 0) is 30.7 Å². The van der Waals surface area contributed by atoms with Gasteiger partial charge in [0.25, 0.3) is 5.56 Å². The molecule has 0 atom stereocenters. The molecule has 2 heterocycles. The molecule has 1 aromatic carbocycles. The Bertz CT molecular complexity index is 1010. The maximum absolute atomic E-state index is 11.6. The fraction of sp³-hybridized carbons (Fsp3) is 0.133. The molecule has 0 bridgehead atoms. The molecule has 104 valence electrons. The Morgan fingerprint density at radius 3 is 2.67 bits per heavy atom. The molecule has 0 aliphatic heterocycles. The van der Waals surface area contributed by atoms with Crippen LogP contribution in [0, 0.1) is 18.3 Å². The number of fused-ring (bicyclic) bond motifs is 1. The lowest BCUT2D eigenvalue weighted by Crippen LogP contribution is -2.12. The number of nitrogens with zero attached hydrogens (tertiary/aromatic N) is 2. The van der Waals surface area contributed by atoms with Crippen LogP contribution in [0.15, 0.2) is 33.9 Å². The minimum absolute atomic E-state index is 0.0682. The third kappa shape index (κ3) is 1.96. The molecule has 0 fully saturated rings. The second kappa shape index (κ2) is 4.49. The number of nitrogens with one attached hydrogen (secondary N) is 2. The minimum atomic E-state index is -0.395. The number of imidazole rings is 1. The summed E-state index contributed by atoms with van der Waals surface area (Å²) in [7, 11) is 1.69. The van der Waals surface area contributed by atoms with Gasteiger partial charge in [0.05, 0.1) is 11.0 Å². The molecule has 0 unspecified atom stereocenters. The Kier molecular flexibility index (Phi) is 2.77. The molecule has 0 aliphatic carbocycles. The number of pyridine rings is 1. The van der Waals surface area contributed by atoms with Crippen LogP contribution in [0.25, 0.3) is 22.2 Å². The van der Waals surface area contributed by atoms with E-state index in [1.807, 2.05) is 24.3 Å². The van der Waals surface area contributed by atoms with E-state index in [1.54, 1.807) is 20.0 Å². The van der Waals surface area contributed by atoms with Gasteiger partial charge in [-0.15, -0.1) is 0 Å². The minimum Gasteiger partial charge on any atom is -0.325 e. The summed E-state index contributed by atoms with van der Waals surface area (Å²) < 4.78 is 1.52. The first-order chi connectivity index (χ1) is 10.0. The van der Waals surface area contributed by atoms with Gasteiger partial charge >= 0.3 is 5.69 Å². The topological polar surface area (TPSA) is 94.4 Å². The molecule has 2 aromatic heterocycles. The van der Waals surface area contributed by atoms with E-state index >= 15 is 0 Å². The molecule has 6 nitrogen and oxygen atoms in total. The number of hydrogen-bond acceptors (Lipinski definition) is 3. The number of H-pyrrole nitrogens is 2. The van der Waals surface area contributed by atoms with E-state index in [2.05, 4.69) is 9.97 Å². The van der Waals surface area contributed by atoms with Crippen LogP contribution in [0.5, 0.6) is 0 Å². The van der Waals surface area contributed by atoms with E-state index in [0.717, 1.165) is 22.2 Å². The predicted octanol–water partition coefficient (Wildman–Crippen LogP) is 1.40. The summed E-state index contributed by atoms with van der Waals surface area (Å²) in [6.45, 7) is 1.78. The first-order valence-electron chi connectivity index (χ1n) is 6.34. The van der Waals surface area contributed by atoms with E-state index < -0.39 is 5.56 Å². The molecule has 0 amide bonds. The molecular formula is C15H12N4O2. The molecule has 3 rings (SSSR count). The van der Waals surface area contributed by atoms with Crippen LogP contribution >= 0.6 is 0 Å². The van der Waals surface area contributed by atoms with Crippen molar-refractivity contribution >= 4 is 11.0 Å². The standard InChI is InChI=1S/C15H12N4O2/c1-8-11(5-10(7-16)14(20)17-8)9-3-4-12-13(6-9)19(2)15(21)18-12/h3-6H,1-2H3,(H,17,20)(H,18,21). The van der Waals surface area contributed by atoms with Gasteiger partial charge in [-0.2, -0.15) is 5.26 Å². The predicted molar refractivity (Wildman–Crippen MR) is 79.0 cm³/mol. The van der Waals surface area contributed by atoms with Crippen LogP contribution in [-0.4, -0.2) is 14.5 Å². The molecule has 0 radical (unpaired) electrons. The van der Waals surface area contributed by atoms with Gasteiger partial charge in [-0.3, -0.25) is 9.36 Å². The molecule has 0 spiro atoms. The van der Waals surface area contributed by atoms with Gasteiger partial charge in [-0.1, -0.05) is 6.07 Å². The number of aromatic amines is 2. The second-order valence-corrected chi connectivity index (χ2v) is 4.88. The largest absolute Gasteiger partial charge is 0.326 e. The molecule has 0 saturated carbocycles. The van der Waals surface area contributed by atoms with E-state index in [1.165, 1.54) is 4.57 Å². The lowest BCUT2D eigenvalue weighted by atomic mass is 10.0. The molecule has 0 saturated heterocycles. The summed E-state index contributed by atoms with van der Waals surface area (Å²) in [5.41, 5.74) is 3.28. The number of rotatable bonds is 1. The Morgan fingerprint density at radius 2 is 1.95 bits per heavy atom. The molecular weight excluding hydrogens is 268 g/mol. The van der Waals surface area contributed by atoms with Gasteiger partial charge in [-0.25, -0.2) is 4.79 Å². The zero-order valence-electron chi connectivity index (χ0n) is 11.5. The van der Waals surface area contributed by atoms with Gasteiger partial charge in [0.1, 0.15) is 11.6 Å². The first kappa shape index (κ1) is 12.9. The molecule has 21 heavy (non-hydrogen) atoms. The van der Waals surface area contributed by atoms with Crippen LogP contribution in [0.4, 0.5) is 0 Å². The smallest absolute Gasteiger partial charge is 0.325 e. The summed E-state index contributed by atoms with van der Waals surface area (Å²) in [6.07, 6.45) is 0. The highest BCUT2D eigenvalue weighted by Crippen LogP contribution is 2.25. The van der Waals surface area contributed by atoms with Crippen molar-refractivity contribution in [2.75, 3.05) is 0 Å². The van der Waals surface area contributed by atoms with Crippen molar-refractivity contribution in [2.45, 2.75) is 6.92 Å². The van der Waals surface area contributed by atoms with Crippen molar-refractivity contribution in [3.05, 3.63) is 56.4 Å².